The number of rotatable bonds is 7. The van der Waals surface area contributed by atoms with E-state index in [1.807, 2.05) is 0 Å². The molecule has 0 radical (unpaired) electrons. The SMILES string of the molecule is COCCS(=O)(=O)c1csc(C2=C/C(=C/N)C(=N)N(CC(=O)N3CCCC3)C2=O)c1. The largest absolute Gasteiger partial charge is 0.404 e. The van der Waals surface area contributed by atoms with Crippen molar-refractivity contribution in [2.24, 2.45) is 5.73 Å². The number of nitrogens with one attached hydrogen (secondary N) is 1. The molecule has 1 saturated heterocycles. The van der Waals surface area contributed by atoms with Gasteiger partial charge in [-0.15, -0.1) is 11.3 Å². The van der Waals surface area contributed by atoms with Crippen LogP contribution in [0.25, 0.3) is 5.57 Å². The van der Waals surface area contributed by atoms with E-state index in [2.05, 4.69) is 0 Å². The van der Waals surface area contributed by atoms with Gasteiger partial charge >= 0.3 is 0 Å². The second-order valence-electron chi connectivity index (χ2n) is 6.97. The van der Waals surface area contributed by atoms with Crippen LogP contribution in [0.3, 0.4) is 0 Å². The van der Waals surface area contributed by atoms with Crippen LogP contribution >= 0.6 is 11.3 Å². The maximum Gasteiger partial charge on any atom is 0.261 e. The lowest BCUT2D eigenvalue weighted by molar-refractivity contribution is -0.134. The normalized spacial score (nSPS) is 19.0. The molecule has 0 spiro atoms. The van der Waals surface area contributed by atoms with Crippen LogP contribution in [-0.4, -0.2) is 75.0 Å². The summed E-state index contributed by atoms with van der Waals surface area (Å²) >= 11 is 1.11. The molecule has 3 heterocycles. The molecule has 1 fully saturated rings. The Hall–Kier alpha value is -2.50. The van der Waals surface area contributed by atoms with Crippen molar-refractivity contribution in [3.63, 3.8) is 0 Å². The van der Waals surface area contributed by atoms with Gasteiger partial charge in [0.1, 0.15) is 12.4 Å². The molecule has 0 saturated carbocycles. The first-order valence-electron chi connectivity index (χ1n) is 9.41. The van der Waals surface area contributed by atoms with Gasteiger partial charge in [0, 0.05) is 42.2 Å². The summed E-state index contributed by atoms with van der Waals surface area (Å²) in [6, 6.07) is 1.43. The Morgan fingerprint density at radius 1 is 1.37 bits per heavy atom. The summed E-state index contributed by atoms with van der Waals surface area (Å²) in [7, 11) is -2.12. The summed E-state index contributed by atoms with van der Waals surface area (Å²) in [5.41, 5.74) is 6.13. The van der Waals surface area contributed by atoms with E-state index in [0.717, 1.165) is 29.1 Å². The molecule has 0 atom stereocenters. The quantitative estimate of drug-likeness (QED) is 0.630. The number of sulfone groups is 1. The lowest BCUT2D eigenvalue weighted by Crippen LogP contribution is -2.47. The van der Waals surface area contributed by atoms with Crippen molar-refractivity contribution < 1.29 is 22.7 Å². The standard InChI is InChI=1S/C19H24N4O5S2/c1-28-6-7-30(26,27)14-9-16(29-12-14)15-8-13(10-20)18(21)23(19(15)25)11-17(24)22-4-2-3-5-22/h8-10,12,21H,2-7,11,20H2,1H3/b13-10-,21-18?. The second-order valence-corrected chi connectivity index (χ2v) is 9.99. The summed E-state index contributed by atoms with van der Waals surface area (Å²) in [5, 5.41) is 9.74. The fourth-order valence-electron chi connectivity index (χ4n) is 3.28. The lowest BCUT2D eigenvalue weighted by Gasteiger charge is -2.29. The lowest BCUT2D eigenvalue weighted by atomic mass is 10.0. The van der Waals surface area contributed by atoms with Crippen molar-refractivity contribution in [3.05, 3.63) is 34.2 Å². The number of amidine groups is 1. The van der Waals surface area contributed by atoms with Crippen LogP contribution in [0.2, 0.25) is 0 Å². The number of hydrogen-bond donors (Lipinski definition) is 2. The Kier molecular flexibility index (Phi) is 6.74. The number of thiophene rings is 1. The third kappa shape index (κ3) is 4.47. The van der Waals surface area contributed by atoms with Gasteiger partial charge in [0.25, 0.3) is 5.91 Å². The molecule has 162 valence electrons. The number of carbonyl (C=O) groups excluding carboxylic acids is 2. The van der Waals surface area contributed by atoms with Crippen LogP contribution in [0.15, 0.2) is 34.2 Å². The van der Waals surface area contributed by atoms with Crippen molar-refractivity contribution in [2.75, 3.05) is 39.1 Å². The zero-order valence-electron chi connectivity index (χ0n) is 16.6. The number of nitrogens with zero attached hydrogens (tertiary/aromatic N) is 2. The van der Waals surface area contributed by atoms with E-state index < -0.39 is 15.7 Å². The third-order valence-corrected chi connectivity index (χ3v) is 7.78. The molecule has 2 amide bonds. The van der Waals surface area contributed by atoms with Crippen molar-refractivity contribution >= 4 is 44.4 Å². The third-order valence-electron chi connectivity index (χ3n) is 5.01. The molecule has 3 N–H and O–H groups in total. The van der Waals surface area contributed by atoms with E-state index in [1.54, 1.807) is 4.90 Å². The Morgan fingerprint density at radius 2 is 2.07 bits per heavy atom. The number of nitrogens with two attached hydrogens (primary N) is 1. The van der Waals surface area contributed by atoms with E-state index in [0.29, 0.717) is 18.0 Å². The van der Waals surface area contributed by atoms with Crippen molar-refractivity contribution in [1.82, 2.24) is 9.80 Å². The van der Waals surface area contributed by atoms with Gasteiger partial charge in [0.05, 0.1) is 22.8 Å². The first-order valence-corrected chi connectivity index (χ1v) is 11.9. The molecule has 1 aromatic rings. The minimum atomic E-state index is -3.54. The van der Waals surface area contributed by atoms with E-state index in [9.17, 15) is 18.0 Å². The average Bonchev–Trinajstić information content (AvgIpc) is 3.42. The molecule has 2 aliphatic rings. The van der Waals surface area contributed by atoms with Gasteiger partial charge in [0.15, 0.2) is 9.84 Å². The maximum absolute atomic E-state index is 13.1. The minimum absolute atomic E-state index is 0.0682. The summed E-state index contributed by atoms with van der Waals surface area (Å²) in [6.07, 6.45) is 4.50. The molecule has 0 unspecified atom stereocenters. The van der Waals surface area contributed by atoms with Crippen LogP contribution < -0.4 is 5.73 Å². The number of methoxy groups -OCH3 is 1. The van der Waals surface area contributed by atoms with Gasteiger partial charge in [0.2, 0.25) is 5.91 Å². The Labute approximate surface area is 179 Å². The Morgan fingerprint density at radius 3 is 2.70 bits per heavy atom. The van der Waals surface area contributed by atoms with Crippen LogP contribution in [0.4, 0.5) is 0 Å². The first-order chi connectivity index (χ1) is 14.3. The predicted octanol–water partition coefficient (Wildman–Crippen LogP) is 0.836. The molecule has 30 heavy (non-hydrogen) atoms. The molecule has 0 aromatic carbocycles. The van der Waals surface area contributed by atoms with Gasteiger partial charge in [-0.3, -0.25) is 19.9 Å². The molecule has 11 heteroatoms. The molecular weight excluding hydrogens is 428 g/mol. The highest BCUT2D eigenvalue weighted by molar-refractivity contribution is 7.91. The van der Waals surface area contributed by atoms with E-state index in [1.165, 1.54) is 30.8 Å². The Balaban J connectivity index is 1.88. The first kappa shape index (κ1) is 22.2. The molecule has 1 aromatic heterocycles. The Bertz CT molecular complexity index is 1020. The molecule has 0 aliphatic carbocycles. The maximum atomic E-state index is 13.1. The van der Waals surface area contributed by atoms with Crippen LogP contribution in [0, 0.1) is 5.41 Å². The number of ether oxygens (including phenoxy) is 1. The predicted molar refractivity (Wildman–Crippen MR) is 114 cm³/mol. The van der Waals surface area contributed by atoms with E-state index >= 15 is 0 Å². The molecular formula is C19H24N4O5S2. The summed E-state index contributed by atoms with van der Waals surface area (Å²) in [5.74, 6) is -1.07. The van der Waals surface area contributed by atoms with Gasteiger partial charge in [-0.05, 0) is 25.0 Å². The van der Waals surface area contributed by atoms with Crippen molar-refractivity contribution in [2.45, 2.75) is 17.7 Å². The summed E-state index contributed by atoms with van der Waals surface area (Å²) in [6.45, 7) is 1.10. The highest BCUT2D eigenvalue weighted by Crippen LogP contribution is 2.32. The molecule has 3 rings (SSSR count). The van der Waals surface area contributed by atoms with Crippen molar-refractivity contribution in [3.8, 4) is 0 Å². The fraction of sp³-hybridized carbons (Fsp3) is 0.421. The van der Waals surface area contributed by atoms with Crippen LogP contribution in [0.5, 0.6) is 0 Å². The number of carbonyl (C=O) groups is 2. The van der Waals surface area contributed by atoms with Gasteiger partial charge in [-0.2, -0.15) is 0 Å². The highest BCUT2D eigenvalue weighted by Gasteiger charge is 2.34. The number of amides is 2. The zero-order chi connectivity index (χ0) is 21.9. The van der Waals surface area contributed by atoms with Crippen LogP contribution in [0.1, 0.15) is 17.7 Å². The molecule has 0 bridgehead atoms. The van der Waals surface area contributed by atoms with Crippen molar-refractivity contribution in [1.29, 1.82) is 5.41 Å². The van der Waals surface area contributed by atoms with Crippen LogP contribution in [-0.2, 0) is 24.2 Å². The number of likely N-dealkylation sites (tertiary alicyclic amines) is 1. The van der Waals surface area contributed by atoms with Gasteiger partial charge in [-0.25, -0.2) is 8.42 Å². The number of hydrogen-bond acceptors (Lipinski definition) is 8. The molecule has 9 nitrogen and oxygen atoms in total. The zero-order valence-corrected chi connectivity index (χ0v) is 18.2. The van der Waals surface area contributed by atoms with Gasteiger partial charge < -0.3 is 15.4 Å². The topological polar surface area (TPSA) is 134 Å². The van der Waals surface area contributed by atoms with E-state index in [-0.39, 0.29) is 46.7 Å². The fourth-order valence-corrected chi connectivity index (χ4v) is 5.78. The van der Waals surface area contributed by atoms with Gasteiger partial charge in [-0.1, -0.05) is 0 Å². The van der Waals surface area contributed by atoms with E-state index in [4.69, 9.17) is 15.9 Å². The average molecular weight is 453 g/mol. The smallest absolute Gasteiger partial charge is 0.261 e. The molecule has 2 aliphatic heterocycles. The highest BCUT2D eigenvalue weighted by atomic mass is 32.2. The minimum Gasteiger partial charge on any atom is -0.404 e. The second kappa shape index (κ2) is 9.11. The summed E-state index contributed by atoms with van der Waals surface area (Å²) in [4.78, 5) is 29.0. The summed E-state index contributed by atoms with van der Waals surface area (Å²) < 4.78 is 29.6. The monoisotopic (exact) mass is 452 g/mol.